The quantitative estimate of drug-likeness (QED) is 0.192. The molecule has 234 valence electrons. The number of hydrogen-bond acceptors (Lipinski definition) is 4. The predicted molar refractivity (Wildman–Crippen MR) is 206 cm³/mol. The molecule has 0 aliphatic rings. The number of benzene rings is 8. The van der Waals surface area contributed by atoms with E-state index in [2.05, 4.69) is 138 Å². The highest BCUT2D eigenvalue weighted by Crippen LogP contribution is 2.44. The summed E-state index contributed by atoms with van der Waals surface area (Å²) in [4.78, 5) is 2.26. The van der Waals surface area contributed by atoms with E-state index in [4.69, 9.17) is 13.3 Å². The van der Waals surface area contributed by atoms with Crippen molar-refractivity contribution < 1.29 is 13.3 Å². The van der Waals surface area contributed by atoms with Gasteiger partial charge in [-0.15, -0.1) is 0 Å². The third-order valence-electron chi connectivity index (χ3n) is 10.0. The van der Waals surface area contributed by atoms with E-state index in [1.165, 1.54) is 0 Å². The topological polar surface area (TPSA) is 42.7 Å². The maximum atomic E-state index is 6.78. The van der Waals surface area contributed by atoms with Gasteiger partial charge in [0.05, 0.1) is 0 Å². The zero-order valence-corrected chi connectivity index (χ0v) is 26.8. The van der Waals surface area contributed by atoms with Crippen molar-refractivity contribution in [1.29, 1.82) is 0 Å². The molecule has 3 heterocycles. The number of hydrogen-bond donors (Lipinski definition) is 0. The molecule has 4 nitrogen and oxygen atoms in total. The zero-order chi connectivity index (χ0) is 32.8. The molecular formula is C46H27NO3. The Balaban J connectivity index is 1.10. The Morgan fingerprint density at radius 2 is 0.800 bits per heavy atom. The van der Waals surface area contributed by atoms with E-state index in [9.17, 15) is 0 Å². The van der Waals surface area contributed by atoms with Crippen LogP contribution < -0.4 is 4.90 Å². The van der Waals surface area contributed by atoms with Crippen LogP contribution in [0, 0.1) is 0 Å². The van der Waals surface area contributed by atoms with E-state index in [0.29, 0.717) is 0 Å². The van der Waals surface area contributed by atoms with Gasteiger partial charge in [0.25, 0.3) is 0 Å². The lowest BCUT2D eigenvalue weighted by Gasteiger charge is -2.25. The maximum Gasteiger partial charge on any atom is 0.143 e. The maximum absolute atomic E-state index is 6.78. The largest absolute Gasteiger partial charge is 0.456 e. The fourth-order valence-corrected chi connectivity index (χ4v) is 7.74. The van der Waals surface area contributed by atoms with Gasteiger partial charge >= 0.3 is 0 Å². The summed E-state index contributed by atoms with van der Waals surface area (Å²) in [6.45, 7) is 0. The van der Waals surface area contributed by atoms with Crippen molar-refractivity contribution in [3.63, 3.8) is 0 Å². The van der Waals surface area contributed by atoms with Crippen molar-refractivity contribution in [2.45, 2.75) is 0 Å². The Hall–Kier alpha value is -6.78. The van der Waals surface area contributed by atoms with E-state index in [0.717, 1.165) is 105 Å². The van der Waals surface area contributed by atoms with Crippen molar-refractivity contribution in [2.24, 2.45) is 0 Å². The summed E-state index contributed by atoms with van der Waals surface area (Å²) in [5.74, 6) is 0. The van der Waals surface area contributed by atoms with Crippen LogP contribution in [-0.2, 0) is 0 Å². The smallest absolute Gasteiger partial charge is 0.143 e. The van der Waals surface area contributed by atoms with Crippen molar-refractivity contribution >= 4 is 93.7 Å². The van der Waals surface area contributed by atoms with E-state index < -0.39 is 0 Å². The minimum Gasteiger partial charge on any atom is -0.456 e. The standard InChI is InChI=1S/C46H27NO3/c1-2-10-29(11-3-1)47(30-19-22-36-34-14-7-9-17-42(34)49-44(36)25-30)31-20-23-37-40-27-39(32-12-4-5-15-38(32)46(40)50-45(37)26-31)28-18-21-35-33-13-6-8-16-41(33)48-43(35)24-28/h1-27H. The van der Waals surface area contributed by atoms with Gasteiger partial charge in [0.15, 0.2) is 0 Å². The van der Waals surface area contributed by atoms with Crippen LogP contribution in [-0.4, -0.2) is 0 Å². The summed E-state index contributed by atoms with van der Waals surface area (Å²) in [5.41, 5.74) is 10.6. The normalized spacial score (nSPS) is 12.0. The molecule has 3 aromatic heterocycles. The van der Waals surface area contributed by atoms with Crippen LogP contribution in [0.2, 0.25) is 0 Å². The molecule has 0 atom stereocenters. The Bertz CT molecular complexity index is 3110. The monoisotopic (exact) mass is 641 g/mol. The lowest BCUT2D eigenvalue weighted by Crippen LogP contribution is -2.09. The van der Waals surface area contributed by atoms with Gasteiger partial charge in [-0.05, 0) is 83.2 Å². The third-order valence-corrected chi connectivity index (χ3v) is 10.0. The Labute approximate surface area is 286 Å². The van der Waals surface area contributed by atoms with Gasteiger partial charge in [-0.3, -0.25) is 0 Å². The number of fused-ring (bicyclic) bond motifs is 11. The minimum absolute atomic E-state index is 0.832. The minimum atomic E-state index is 0.832. The van der Waals surface area contributed by atoms with E-state index in [1.54, 1.807) is 0 Å². The van der Waals surface area contributed by atoms with E-state index in [-0.39, 0.29) is 0 Å². The van der Waals surface area contributed by atoms with Crippen LogP contribution in [0.4, 0.5) is 17.1 Å². The van der Waals surface area contributed by atoms with Gasteiger partial charge in [-0.1, -0.05) is 84.9 Å². The van der Waals surface area contributed by atoms with Crippen LogP contribution >= 0.6 is 0 Å². The molecule has 0 spiro atoms. The molecular weight excluding hydrogens is 615 g/mol. The molecule has 8 aromatic carbocycles. The lowest BCUT2D eigenvalue weighted by atomic mass is 9.95. The average molecular weight is 642 g/mol. The first-order valence-corrected chi connectivity index (χ1v) is 16.8. The first-order valence-electron chi connectivity index (χ1n) is 16.8. The summed E-state index contributed by atoms with van der Waals surface area (Å²) in [7, 11) is 0. The Morgan fingerprint density at radius 1 is 0.300 bits per heavy atom. The molecule has 11 aromatic rings. The highest BCUT2D eigenvalue weighted by atomic mass is 16.3. The zero-order valence-electron chi connectivity index (χ0n) is 26.8. The molecule has 50 heavy (non-hydrogen) atoms. The highest BCUT2D eigenvalue weighted by Gasteiger charge is 2.20. The van der Waals surface area contributed by atoms with E-state index in [1.807, 2.05) is 30.3 Å². The molecule has 11 rings (SSSR count). The van der Waals surface area contributed by atoms with Gasteiger partial charge in [-0.25, -0.2) is 0 Å². The summed E-state index contributed by atoms with van der Waals surface area (Å²) < 4.78 is 19.4. The predicted octanol–water partition coefficient (Wildman–Crippen LogP) is 13.7. The first-order chi connectivity index (χ1) is 24.8. The summed E-state index contributed by atoms with van der Waals surface area (Å²) in [5, 5.41) is 8.85. The number of para-hydroxylation sites is 3. The van der Waals surface area contributed by atoms with Gasteiger partial charge in [0.1, 0.15) is 33.5 Å². The fraction of sp³-hybridized carbons (Fsp3) is 0. The summed E-state index contributed by atoms with van der Waals surface area (Å²) in [6, 6.07) is 57.1. The molecule has 0 bridgehead atoms. The second-order valence-electron chi connectivity index (χ2n) is 12.9. The first kappa shape index (κ1) is 27.2. The summed E-state index contributed by atoms with van der Waals surface area (Å²) in [6.07, 6.45) is 0. The van der Waals surface area contributed by atoms with Crippen LogP contribution in [0.3, 0.4) is 0 Å². The lowest BCUT2D eigenvalue weighted by molar-refractivity contribution is 0.668. The van der Waals surface area contributed by atoms with Crippen LogP contribution in [0.25, 0.3) is 87.7 Å². The molecule has 0 radical (unpaired) electrons. The second kappa shape index (κ2) is 10.4. The SMILES string of the molecule is c1ccc(N(c2ccc3c(c2)oc2ccccc23)c2ccc3c(c2)oc2c4ccccc4c(-c4ccc5c(c4)oc4ccccc45)cc32)cc1. The molecule has 0 aliphatic carbocycles. The average Bonchev–Trinajstić information content (AvgIpc) is 3.85. The summed E-state index contributed by atoms with van der Waals surface area (Å²) >= 11 is 0. The van der Waals surface area contributed by atoms with Gasteiger partial charge < -0.3 is 18.2 Å². The van der Waals surface area contributed by atoms with Crippen molar-refractivity contribution in [3.05, 3.63) is 164 Å². The molecule has 0 aliphatic heterocycles. The van der Waals surface area contributed by atoms with Crippen LogP contribution in [0.5, 0.6) is 0 Å². The second-order valence-corrected chi connectivity index (χ2v) is 12.9. The molecule has 0 saturated carbocycles. The van der Waals surface area contributed by atoms with Crippen molar-refractivity contribution in [1.82, 2.24) is 0 Å². The van der Waals surface area contributed by atoms with E-state index >= 15 is 0 Å². The fourth-order valence-electron chi connectivity index (χ4n) is 7.74. The highest BCUT2D eigenvalue weighted by molar-refractivity contribution is 6.20. The Kier molecular flexibility index (Phi) is 5.63. The molecule has 0 N–H and O–H groups in total. The molecule has 0 saturated heterocycles. The molecule has 0 fully saturated rings. The van der Waals surface area contributed by atoms with Crippen molar-refractivity contribution in [2.75, 3.05) is 4.90 Å². The van der Waals surface area contributed by atoms with Crippen molar-refractivity contribution in [3.8, 4) is 11.1 Å². The van der Waals surface area contributed by atoms with Gasteiger partial charge in [0, 0.05) is 66.9 Å². The molecule has 0 amide bonds. The number of nitrogens with zero attached hydrogens (tertiary/aromatic N) is 1. The molecule has 0 unspecified atom stereocenters. The third kappa shape index (κ3) is 3.99. The molecule has 4 heteroatoms. The van der Waals surface area contributed by atoms with Gasteiger partial charge in [0.2, 0.25) is 0 Å². The van der Waals surface area contributed by atoms with Crippen LogP contribution in [0.15, 0.2) is 177 Å². The Morgan fingerprint density at radius 3 is 1.48 bits per heavy atom. The van der Waals surface area contributed by atoms with Gasteiger partial charge in [-0.2, -0.15) is 0 Å². The number of rotatable bonds is 4. The number of anilines is 3. The van der Waals surface area contributed by atoms with Crippen LogP contribution in [0.1, 0.15) is 0 Å². The number of furan rings is 3.